The lowest BCUT2D eigenvalue weighted by atomic mass is 9.78. The van der Waals surface area contributed by atoms with Crippen LogP contribution in [0.1, 0.15) is 86.7 Å². The minimum atomic E-state index is -2.19. The van der Waals surface area contributed by atoms with E-state index < -0.39 is 151 Å². The Bertz CT molecular complexity index is 3590. The summed E-state index contributed by atoms with van der Waals surface area (Å²) >= 11 is 0. The number of carboxylic acid groups (broad SMARTS) is 1. The van der Waals surface area contributed by atoms with Gasteiger partial charge in [0.15, 0.2) is 23.0 Å². The number of benzene rings is 3. The fraction of sp³-hybridized carbons (Fsp3) is 0.386. The number of hydrogen-bond donors (Lipinski definition) is 8. The average Bonchev–Trinajstić information content (AvgIpc) is 4.12. The molecule has 10 atom stereocenters. The second kappa shape index (κ2) is 22.9. The maximum absolute atomic E-state index is 16.0. The third-order valence-corrected chi connectivity index (χ3v) is 15.3. The molecule has 8 N–H and O–H groups in total. The van der Waals surface area contributed by atoms with E-state index in [1.165, 1.54) is 57.9 Å². The summed E-state index contributed by atoms with van der Waals surface area (Å²) in [6.45, 7) is 12.1. The standard InChI is InChI=1S/C57H61F3N6O15/c1-24-11-10-12-25(2)55(75)62-43-34(21-61-64-32-15-17-65(22-32)54-37(60)20-33-47(71)35(56(76)77)23-66(53(33)63-54)38-14-13-31(58)19-36(38)59)48(72)40-41(49(43)73)46(70)29(6)51-42(40)52(74)57(8,81-51)79-18-16-39(78-9)26(3)50(80-30(7)67)28(5)45(69)27(4)44(24)68/h10-14,16,18-21,23-24,26-28,32,39,44-45,50,64,68-70,72-73H,15,17,22H2,1-9H3,(H,62,75)(H,76,77)/b11-10+,18-16+,25-12-,61-21+/t24-,26+,27+,28+,32?,39-,44-,45+,50+,57-/m0/s1. The van der Waals surface area contributed by atoms with Gasteiger partial charge in [0, 0.05) is 86.5 Å². The van der Waals surface area contributed by atoms with E-state index in [0.29, 0.717) is 6.07 Å². The number of aromatic hydroxyl groups is 3. The number of phenols is 3. The molecule has 0 aliphatic carbocycles. The fourth-order valence-electron chi connectivity index (χ4n) is 10.6. The van der Waals surface area contributed by atoms with Crippen molar-refractivity contribution in [2.24, 2.45) is 28.8 Å². The van der Waals surface area contributed by atoms with Gasteiger partial charge in [0.1, 0.15) is 40.6 Å². The molecule has 24 heteroatoms. The van der Waals surface area contributed by atoms with Gasteiger partial charge in [-0.15, -0.1) is 0 Å². The third-order valence-electron chi connectivity index (χ3n) is 15.3. The Morgan fingerprint density at radius 1 is 0.951 bits per heavy atom. The molecule has 2 aromatic heterocycles. The summed E-state index contributed by atoms with van der Waals surface area (Å²) in [4.78, 5) is 72.3. The Morgan fingerprint density at radius 3 is 2.33 bits per heavy atom. The van der Waals surface area contributed by atoms with E-state index in [1.54, 1.807) is 33.8 Å². The number of esters is 1. The van der Waals surface area contributed by atoms with Crippen LogP contribution in [0.4, 0.5) is 24.7 Å². The smallest absolute Gasteiger partial charge is 0.341 e. The number of hydrogen-bond acceptors (Lipinski definition) is 18. The van der Waals surface area contributed by atoms with Crippen LogP contribution in [-0.2, 0) is 23.8 Å². The second-order valence-electron chi connectivity index (χ2n) is 20.7. The maximum Gasteiger partial charge on any atom is 0.341 e. The number of ether oxygens (including phenoxy) is 4. The lowest BCUT2D eigenvalue weighted by molar-refractivity contribution is -0.160. The Hall–Kier alpha value is -8.48. The van der Waals surface area contributed by atoms with Gasteiger partial charge >= 0.3 is 17.7 Å². The van der Waals surface area contributed by atoms with Crippen molar-refractivity contribution in [2.45, 2.75) is 98.1 Å². The van der Waals surface area contributed by atoms with Gasteiger partial charge in [0.25, 0.3) is 11.7 Å². The van der Waals surface area contributed by atoms with Crippen molar-refractivity contribution in [3.63, 3.8) is 0 Å². The number of methoxy groups -OCH3 is 1. The number of pyridine rings is 2. The molecule has 21 nitrogen and oxygen atoms in total. The summed E-state index contributed by atoms with van der Waals surface area (Å²) in [5.41, 5.74) is -0.958. The number of phenolic OH excluding ortho intramolecular Hbond substituents is 3. The summed E-state index contributed by atoms with van der Waals surface area (Å²) in [6, 6.07) is 2.60. The van der Waals surface area contributed by atoms with Crippen LogP contribution in [0.15, 0.2) is 76.5 Å². The average molecular weight is 1130 g/mol. The highest BCUT2D eigenvalue weighted by Crippen LogP contribution is 2.55. The van der Waals surface area contributed by atoms with Crippen LogP contribution in [0.25, 0.3) is 27.5 Å². The first kappa shape index (κ1) is 58.7. The van der Waals surface area contributed by atoms with E-state index in [4.69, 9.17) is 18.9 Å². The van der Waals surface area contributed by atoms with Crippen molar-refractivity contribution >= 4 is 63.2 Å². The minimum Gasteiger partial charge on any atom is -0.507 e. The number of ketones is 1. The van der Waals surface area contributed by atoms with Gasteiger partial charge in [-0.1, -0.05) is 45.9 Å². The van der Waals surface area contributed by atoms with Crippen molar-refractivity contribution in [1.29, 1.82) is 0 Å². The Balaban J connectivity index is 1.19. The summed E-state index contributed by atoms with van der Waals surface area (Å²) in [5.74, 6) is -14.9. The summed E-state index contributed by atoms with van der Waals surface area (Å²) in [7, 11) is 1.39. The van der Waals surface area contributed by atoms with Crippen molar-refractivity contribution < 1.29 is 81.9 Å². The SMILES string of the molecule is CO[C@H]1/C=C/O[C@@]2(C)Oc3c(C)c(O)c4c(O)c(c(/C=N/NC5CCN(c6nc7c(cc6F)c(=O)c(C(=O)O)cn7-c6ccc(F)cc6F)C5)c(O)c4c3C2=O)NC(=O)/C(C)=C\C=C\[C@H](C)[C@H](O)[C@@H](C)[C@@H](O)[C@@H](C)[C@H](OC(C)=O)[C@@H]1C. The van der Waals surface area contributed by atoms with Crippen LogP contribution in [-0.4, -0.2) is 126 Å². The van der Waals surface area contributed by atoms with E-state index in [1.807, 2.05) is 0 Å². The van der Waals surface area contributed by atoms with E-state index >= 15 is 8.78 Å². The van der Waals surface area contributed by atoms with E-state index in [0.717, 1.165) is 41.4 Å². The number of aromatic carboxylic acids is 1. The molecule has 1 amide bonds. The molecule has 1 saturated heterocycles. The molecule has 6 heterocycles. The van der Waals surface area contributed by atoms with Crippen molar-refractivity contribution in [3.8, 4) is 28.7 Å². The van der Waals surface area contributed by atoms with Crippen LogP contribution in [0.2, 0.25) is 0 Å². The van der Waals surface area contributed by atoms with Gasteiger partial charge < -0.3 is 65.2 Å². The van der Waals surface area contributed by atoms with Gasteiger partial charge in [0.2, 0.25) is 5.43 Å². The molecule has 1 fully saturated rings. The van der Waals surface area contributed by atoms with E-state index in [9.17, 15) is 59.0 Å². The van der Waals surface area contributed by atoms with Gasteiger partial charge in [-0.2, -0.15) is 5.10 Å². The number of hydrazone groups is 1. The number of nitrogens with one attached hydrogen (secondary N) is 2. The summed E-state index contributed by atoms with van der Waals surface area (Å²) < 4.78 is 69.7. The highest BCUT2D eigenvalue weighted by molar-refractivity contribution is 6.24. The largest absolute Gasteiger partial charge is 0.507 e. The molecule has 9 rings (SSSR count). The number of rotatable bonds is 8. The number of halogens is 3. The number of carboxylic acids is 1. The molecular formula is C57H61F3N6O15. The lowest BCUT2D eigenvalue weighted by Crippen LogP contribution is -2.46. The molecule has 430 valence electrons. The number of carbonyl (C=O) groups is 4. The number of allylic oxidation sites excluding steroid dienone is 2. The number of aromatic nitrogens is 2. The predicted octanol–water partition coefficient (Wildman–Crippen LogP) is 6.77. The van der Waals surface area contributed by atoms with E-state index in [2.05, 4.69) is 20.8 Å². The first-order chi connectivity index (χ1) is 38.2. The van der Waals surface area contributed by atoms with Crippen LogP contribution in [0.5, 0.6) is 23.0 Å². The molecule has 5 aromatic rings. The number of aliphatic hydroxyl groups excluding tert-OH is 2. The van der Waals surface area contributed by atoms with Crippen LogP contribution in [0, 0.1) is 48.0 Å². The lowest BCUT2D eigenvalue weighted by Gasteiger charge is -2.38. The minimum absolute atomic E-state index is 0.0320. The number of anilines is 2. The Labute approximate surface area is 461 Å². The molecule has 4 aliphatic rings. The highest BCUT2D eigenvalue weighted by Gasteiger charge is 2.50. The van der Waals surface area contributed by atoms with Crippen LogP contribution in [0.3, 0.4) is 0 Å². The van der Waals surface area contributed by atoms with Gasteiger partial charge in [-0.3, -0.25) is 23.7 Å². The molecule has 3 aromatic carbocycles. The van der Waals surface area contributed by atoms with E-state index in [-0.39, 0.29) is 64.7 Å². The Morgan fingerprint density at radius 2 is 1.67 bits per heavy atom. The zero-order chi connectivity index (χ0) is 59.3. The number of aliphatic hydroxyl groups is 2. The maximum atomic E-state index is 16.0. The second-order valence-corrected chi connectivity index (χ2v) is 20.7. The third kappa shape index (κ3) is 11.0. The monoisotopic (exact) mass is 1130 g/mol. The van der Waals surface area contributed by atoms with Gasteiger partial charge in [-0.25, -0.2) is 22.9 Å². The normalized spacial score (nSPS) is 27.0. The number of fused-ring (bicyclic) bond motifs is 15. The van der Waals surface area contributed by atoms with Gasteiger partial charge in [0.05, 0.1) is 70.1 Å². The Kier molecular flexibility index (Phi) is 16.6. The molecule has 1 unspecified atom stereocenters. The number of amides is 1. The van der Waals surface area contributed by atoms with Crippen molar-refractivity contribution in [2.75, 3.05) is 30.4 Å². The predicted molar refractivity (Wildman–Crippen MR) is 289 cm³/mol. The zero-order valence-electron chi connectivity index (χ0n) is 45.4. The summed E-state index contributed by atoms with van der Waals surface area (Å²) in [5, 5.41) is 74.6. The number of Topliss-reactive ketones (excluding diaryl/α,β-unsaturated/α-hetero) is 1. The molecule has 0 saturated carbocycles. The molecule has 4 aliphatic heterocycles. The van der Waals surface area contributed by atoms with Crippen LogP contribution >= 0.6 is 0 Å². The van der Waals surface area contributed by atoms with Crippen molar-refractivity contribution in [3.05, 3.63) is 117 Å². The van der Waals surface area contributed by atoms with Crippen molar-refractivity contribution in [1.82, 2.24) is 15.0 Å². The highest BCUT2D eigenvalue weighted by atomic mass is 19.1. The number of carbonyl (C=O) groups excluding carboxylic acids is 3. The fourth-order valence-corrected chi connectivity index (χ4v) is 10.6. The molecular weight excluding hydrogens is 1070 g/mol. The first-order valence-corrected chi connectivity index (χ1v) is 25.8. The topological polar surface area (TPSA) is 301 Å². The molecule has 5 bridgehead atoms. The molecule has 81 heavy (non-hydrogen) atoms. The molecule has 0 spiro atoms. The summed E-state index contributed by atoms with van der Waals surface area (Å²) in [6.07, 6.45) is 4.92. The van der Waals surface area contributed by atoms with Gasteiger partial charge in [-0.05, 0) is 44.5 Å². The zero-order valence-corrected chi connectivity index (χ0v) is 45.4. The first-order valence-electron chi connectivity index (χ1n) is 25.8. The quantitative estimate of drug-likeness (QED) is 0.0261. The number of nitrogens with zero attached hydrogens (tertiary/aromatic N) is 4. The van der Waals surface area contributed by atoms with Crippen LogP contribution < -0.4 is 25.8 Å². The molecule has 0 radical (unpaired) electrons.